The summed E-state index contributed by atoms with van der Waals surface area (Å²) in [5, 5.41) is 5.00. The van der Waals surface area contributed by atoms with Crippen molar-refractivity contribution in [3.05, 3.63) is 53.3 Å². The monoisotopic (exact) mass is 342 g/mol. The maximum Gasteiger partial charge on any atom is 0.262 e. The Hall–Kier alpha value is -2.89. The van der Waals surface area contributed by atoms with Crippen molar-refractivity contribution in [2.45, 2.75) is 26.2 Å². The summed E-state index contributed by atoms with van der Waals surface area (Å²) >= 11 is 0. The van der Waals surface area contributed by atoms with Crippen LogP contribution in [0.4, 0.5) is 15.8 Å². The van der Waals surface area contributed by atoms with E-state index >= 15 is 0 Å². The van der Waals surface area contributed by atoms with Gasteiger partial charge in [0.05, 0.1) is 5.69 Å². The van der Waals surface area contributed by atoms with E-state index in [1.807, 2.05) is 18.2 Å². The lowest BCUT2D eigenvalue weighted by Crippen LogP contribution is -2.21. The summed E-state index contributed by atoms with van der Waals surface area (Å²) < 4.78 is 19.3. The van der Waals surface area contributed by atoms with E-state index in [0.29, 0.717) is 11.4 Å². The molecule has 1 aliphatic carbocycles. The number of hydrogen-bond donors (Lipinski definition) is 2. The summed E-state index contributed by atoms with van der Waals surface area (Å²) in [6.45, 7) is 1.13. The molecule has 2 amide bonds. The van der Waals surface area contributed by atoms with Gasteiger partial charge in [0.1, 0.15) is 11.6 Å². The zero-order valence-corrected chi connectivity index (χ0v) is 13.9. The van der Waals surface area contributed by atoms with Crippen LogP contribution in [0.2, 0.25) is 0 Å². The van der Waals surface area contributed by atoms with Crippen LogP contribution in [0, 0.1) is 5.82 Å². The summed E-state index contributed by atoms with van der Waals surface area (Å²) in [6.07, 6.45) is 3.25. The number of aryl methyl sites for hydroxylation is 2. The lowest BCUT2D eigenvalue weighted by molar-refractivity contribution is -0.118. The summed E-state index contributed by atoms with van der Waals surface area (Å²) in [6, 6.07) is 9.79. The number of anilines is 2. The summed E-state index contributed by atoms with van der Waals surface area (Å²) in [5.41, 5.74) is 2.98. The minimum atomic E-state index is -0.583. The summed E-state index contributed by atoms with van der Waals surface area (Å²) in [7, 11) is 0. The first-order valence-electron chi connectivity index (χ1n) is 8.13. The van der Waals surface area contributed by atoms with Crippen molar-refractivity contribution in [3.63, 3.8) is 0 Å². The predicted octanol–water partition coefficient (Wildman–Crippen LogP) is 3.29. The molecule has 130 valence electrons. The first-order valence-corrected chi connectivity index (χ1v) is 8.13. The van der Waals surface area contributed by atoms with Crippen LogP contribution in [-0.2, 0) is 22.4 Å². The minimum Gasteiger partial charge on any atom is -0.484 e. The van der Waals surface area contributed by atoms with Crippen molar-refractivity contribution in [2.24, 2.45) is 0 Å². The number of halogens is 1. The second-order valence-corrected chi connectivity index (χ2v) is 6.00. The van der Waals surface area contributed by atoms with Crippen molar-refractivity contribution in [2.75, 3.05) is 17.2 Å². The number of nitrogens with one attached hydrogen (secondary N) is 2. The quantitative estimate of drug-likeness (QED) is 0.876. The van der Waals surface area contributed by atoms with E-state index in [0.717, 1.165) is 19.3 Å². The number of benzene rings is 2. The maximum absolute atomic E-state index is 13.8. The van der Waals surface area contributed by atoms with E-state index in [1.54, 1.807) is 0 Å². The molecule has 3 rings (SSSR count). The van der Waals surface area contributed by atoms with Gasteiger partial charge in [-0.2, -0.15) is 0 Å². The molecule has 2 aromatic rings. The zero-order valence-electron chi connectivity index (χ0n) is 13.9. The highest BCUT2D eigenvalue weighted by Crippen LogP contribution is 2.26. The van der Waals surface area contributed by atoms with Gasteiger partial charge in [-0.3, -0.25) is 9.59 Å². The predicted molar refractivity (Wildman–Crippen MR) is 93.3 cm³/mol. The van der Waals surface area contributed by atoms with Crippen LogP contribution in [0.1, 0.15) is 24.5 Å². The Labute approximate surface area is 145 Å². The molecule has 0 saturated carbocycles. The molecule has 2 N–H and O–H groups in total. The van der Waals surface area contributed by atoms with Crippen molar-refractivity contribution in [3.8, 4) is 5.75 Å². The van der Waals surface area contributed by atoms with Crippen LogP contribution in [0.3, 0.4) is 0 Å². The molecule has 2 aromatic carbocycles. The van der Waals surface area contributed by atoms with Gasteiger partial charge in [-0.05, 0) is 60.7 Å². The second kappa shape index (κ2) is 7.34. The summed E-state index contributed by atoms with van der Waals surface area (Å²) in [5.74, 6) is -0.702. The number of ether oxygens (including phenoxy) is 1. The Morgan fingerprint density at radius 2 is 1.88 bits per heavy atom. The average Bonchev–Trinajstić information content (AvgIpc) is 3.03. The van der Waals surface area contributed by atoms with Crippen LogP contribution in [-0.4, -0.2) is 18.4 Å². The Kier molecular flexibility index (Phi) is 4.97. The normalized spacial score (nSPS) is 12.4. The fourth-order valence-corrected chi connectivity index (χ4v) is 2.88. The van der Waals surface area contributed by atoms with Gasteiger partial charge >= 0.3 is 0 Å². The molecular weight excluding hydrogens is 323 g/mol. The number of fused-ring (bicyclic) bond motifs is 1. The third kappa shape index (κ3) is 4.35. The molecule has 0 fully saturated rings. The SMILES string of the molecule is CC(=O)Nc1ccc(F)c(NC(=O)COc2ccc3c(c2)CCC3)c1. The second-order valence-electron chi connectivity index (χ2n) is 6.00. The molecule has 0 saturated heterocycles. The lowest BCUT2D eigenvalue weighted by Gasteiger charge is -2.11. The van der Waals surface area contributed by atoms with Gasteiger partial charge < -0.3 is 15.4 Å². The molecule has 0 aliphatic heterocycles. The molecule has 0 unspecified atom stereocenters. The van der Waals surface area contributed by atoms with E-state index in [2.05, 4.69) is 10.6 Å². The number of carbonyl (C=O) groups is 2. The largest absolute Gasteiger partial charge is 0.484 e. The Morgan fingerprint density at radius 3 is 2.68 bits per heavy atom. The van der Waals surface area contributed by atoms with E-state index in [1.165, 1.54) is 36.2 Å². The number of rotatable bonds is 5. The highest BCUT2D eigenvalue weighted by Gasteiger charge is 2.13. The van der Waals surface area contributed by atoms with Gasteiger partial charge in [0.15, 0.2) is 6.61 Å². The zero-order chi connectivity index (χ0) is 17.8. The third-order valence-electron chi connectivity index (χ3n) is 4.00. The molecular formula is C19H19FN2O3. The van der Waals surface area contributed by atoms with Crippen LogP contribution >= 0.6 is 0 Å². The van der Waals surface area contributed by atoms with E-state index in [4.69, 9.17) is 4.74 Å². The van der Waals surface area contributed by atoms with Gasteiger partial charge in [-0.15, -0.1) is 0 Å². The van der Waals surface area contributed by atoms with Gasteiger partial charge in [-0.25, -0.2) is 4.39 Å². The van der Waals surface area contributed by atoms with Crippen LogP contribution in [0.15, 0.2) is 36.4 Å². The molecule has 1 aliphatic rings. The van der Waals surface area contributed by atoms with Crippen LogP contribution in [0.5, 0.6) is 5.75 Å². The number of hydrogen-bond acceptors (Lipinski definition) is 3. The van der Waals surface area contributed by atoms with Crippen LogP contribution in [0.25, 0.3) is 0 Å². The molecule has 0 spiro atoms. The van der Waals surface area contributed by atoms with Gasteiger partial charge in [0, 0.05) is 12.6 Å². The molecule has 0 radical (unpaired) electrons. The molecule has 0 heterocycles. The molecule has 0 atom stereocenters. The highest BCUT2D eigenvalue weighted by molar-refractivity contribution is 5.94. The van der Waals surface area contributed by atoms with Gasteiger partial charge in [-0.1, -0.05) is 6.07 Å². The first kappa shape index (κ1) is 17.0. The number of carbonyl (C=O) groups excluding carboxylic acids is 2. The average molecular weight is 342 g/mol. The van der Waals surface area contributed by atoms with E-state index in [-0.39, 0.29) is 18.2 Å². The molecule has 6 heteroatoms. The smallest absolute Gasteiger partial charge is 0.262 e. The summed E-state index contributed by atoms with van der Waals surface area (Å²) in [4.78, 5) is 23.1. The number of amides is 2. The van der Waals surface area contributed by atoms with Crippen molar-refractivity contribution in [1.29, 1.82) is 0 Å². The van der Waals surface area contributed by atoms with Gasteiger partial charge in [0.2, 0.25) is 5.91 Å². The van der Waals surface area contributed by atoms with Gasteiger partial charge in [0.25, 0.3) is 5.91 Å². The first-order chi connectivity index (χ1) is 12.0. The molecule has 0 aromatic heterocycles. The Bertz CT molecular complexity index is 820. The lowest BCUT2D eigenvalue weighted by atomic mass is 10.1. The van der Waals surface area contributed by atoms with Crippen molar-refractivity contribution < 1.29 is 18.7 Å². The fraction of sp³-hybridized carbons (Fsp3) is 0.263. The standard InChI is InChI=1S/C19H19FN2O3/c1-12(23)21-15-6-8-17(20)18(10-15)22-19(24)11-25-16-7-5-13-3-2-4-14(13)9-16/h5-10H,2-4,11H2,1H3,(H,21,23)(H,22,24). The molecule has 5 nitrogen and oxygen atoms in total. The third-order valence-corrected chi connectivity index (χ3v) is 4.00. The topological polar surface area (TPSA) is 67.4 Å². The van der Waals surface area contributed by atoms with Crippen LogP contribution < -0.4 is 15.4 Å². The Morgan fingerprint density at radius 1 is 1.08 bits per heavy atom. The minimum absolute atomic E-state index is 0.00574. The van der Waals surface area contributed by atoms with Crippen molar-refractivity contribution in [1.82, 2.24) is 0 Å². The van der Waals surface area contributed by atoms with Crippen molar-refractivity contribution >= 4 is 23.2 Å². The Balaban J connectivity index is 1.60. The molecule has 0 bridgehead atoms. The van der Waals surface area contributed by atoms with E-state index in [9.17, 15) is 14.0 Å². The fourth-order valence-electron chi connectivity index (χ4n) is 2.88. The maximum atomic E-state index is 13.8. The molecule has 25 heavy (non-hydrogen) atoms. The van der Waals surface area contributed by atoms with E-state index < -0.39 is 11.7 Å². The highest BCUT2D eigenvalue weighted by atomic mass is 19.1.